The van der Waals surface area contributed by atoms with Gasteiger partial charge in [-0.25, -0.2) is 8.78 Å². The van der Waals surface area contributed by atoms with Crippen molar-refractivity contribution in [2.45, 2.75) is 12.5 Å². The number of ether oxygens (including phenoxy) is 1. The van der Waals surface area contributed by atoms with Crippen LogP contribution >= 0.6 is 0 Å². The minimum atomic E-state index is -0.589. The largest absolute Gasteiger partial charge is 0.378 e. The van der Waals surface area contributed by atoms with Crippen molar-refractivity contribution < 1.29 is 18.3 Å². The molecule has 1 unspecified atom stereocenters. The molecule has 1 aliphatic rings. The Morgan fingerprint density at radius 2 is 2.16 bits per heavy atom. The number of nitrogens with one attached hydrogen (secondary N) is 2. The molecule has 1 aromatic carbocycles. The lowest BCUT2D eigenvalue weighted by Crippen LogP contribution is -2.51. The standard InChI is InChI=1S/C13H16F2N2O2/c14-10-2-1-3-11(15)9(10)4-5-17-13(18)12-8-19-7-6-16-12/h1-3,12,16H,4-8H2,(H,17,18). The predicted molar refractivity (Wildman–Crippen MR) is 65.7 cm³/mol. The first-order valence-corrected chi connectivity index (χ1v) is 6.20. The number of benzene rings is 1. The van der Waals surface area contributed by atoms with Gasteiger partial charge in [0.2, 0.25) is 5.91 Å². The van der Waals surface area contributed by atoms with Crippen LogP contribution in [0.3, 0.4) is 0 Å². The zero-order chi connectivity index (χ0) is 13.7. The van der Waals surface area contributed by atoms with Gasteiger partial charge in [0.15, 0.2) is 0 Å². The zero-order valence-electron chi connectivity index (χ0n) is 10.4. The molecule has 1 amide bonds. The van der Waals surface area contributed by atoms with Crippen LogP contribution in [0.1, 0.15) is 5.56 Å². The van der Waals surface area contributed by atoms with Gasteiger partial charge in [-0.3, -0.25) is 4.79 Å². The fourth-order valence-corrected chi connectivity index (χ4v) is 1.94. The average Bonchev–Trinajstić information content (AvgIpc) is 2.43. The van der Waals surface area contributed by atoms with Crippen LogP contribution in [0.4, 0.5) is 8.78 Å². The Hall–Kier alpha value is -1.53. The van der Waals surface area contributed by atoms with Crippen LogP contribution < -0.4 is 10.6 Å². The van der Waals surface area contributed by atoms with Crippen LogP contribution in [0.25, 0.3) is 0 Å². The monoisotopic (exact) mass is 270 g/mol. The van der Waals surface area contributed by atoms with Crippen molar-refractivity contribution in [1.29, 1.82) is 0 Å². The van der Waals surface area contributed by atoms with E-state index < -0.39 is 11.6 Å². The van der Waals surface area contributed by atoms with Gasteiger partial charge in [0.25, 0.3) is 0 Å². The lowest BCUT2D eigenvalue weighted by molar-refractivity contribution is -0.125. The molecule has 1 fully saturated rings. The van der Waals surface area contributed by atoms with E-state index in [2.05, 4.69) is 10.6 Å². The molecule has 0 aliphatic carbocycles. The minimum Gasteiger partial charge on any atom is -0.378 e. The lowest BCUT2D eigenvalue weighted by atomic mass is 10.1. The topological polar surface area (TPSA) is 50.4 Å². The second-order valence-electron chi connectivity index (χ2n) is 4.32. The third-order valence-corrected chi connectivity index (χ3v) is 2.97. The van der Waals surface area contributed by atoms with E-state index in [1.165, 1.54) is 18.2 Å². The molecule has 6 heteroatoms. The van der Waals surface area contributed by atoms with E-state index in [-0.39, 0.29) is 30.5 Å². The molecule has 0 aromatic heterocycles. The van der Waals surface area contributed by atoms with E-state index in [1.807, 2.05) is 0 Å². The van der Waals surface area contributed by atoms with Gasteiger partial charge in [-0.1, -0.05) is 6.07 Å². The first-order chi connectivity index (χ1) is 9.18. The highest BCUT2D eigenvalue weighted by molar-refractivity contribution is 5.81. The van der Waals surface area contributed by atoms with Crippen molar-refractivity contribution in [3.63, 3.8) is 0 Å². The third kappa shape index (κ3) is 3.71. The normalized spacial score (nSPS) is 19.2. The molecule has 0 radical (unpaired) electrons. The van der Waals surface area contributed by atoms with Crippen molar-refractivity contribution in [3.8, 4) is 0 Å². The molecule has 1 atom stereocenters. The predicted octanol–water partition coefficient (Wildman–Crippen LogP) is 0.612. The number of rotatable bonds is 4. The summed E-state index contributed by atoms with van der Waals surface area (Å²) in [5.41, 5.74) is -0.00402. The minimum absolute atomic E-state index is 0.00402. The maximum Gasteiger partial charge on any atom is 0.239 e. The molecule has 19 heavy (non-hydrogen) atoms. The Morgan fingerprint density at radius 1 is 1.42 bits per heavy atom. The molecule has 2 rings (SSSR count). The first-order valence-electron chi connectivity index (χ1n) is 6.20. The van der Waals surface area contributed by atoms with Crippen LogP contribution in [-0.2, 0) is 16.0 Å². The molecule has 0 saturated carbocycles. The third-order valence-electron chi connectivity index (χ3n) is 2.97. The van der Waals surface area contributed by atoms with Crippen LogP contribution in [0.2, 0.25) is 0 Å². The fraction of sp³-hybridized carbons (Fsp3) is 0.462. The zero-order valence-corrected chi connectivity index (χ0v) is 10.4. The molecule has 1 heterocycles. The van der Waals surface area contributed by atoms with Crippen molar-refractivity contribution >= 4 is 5.91 Å². The molecule has 104 valence electrons. The van der Waals surface area contributed by atoms with Crippen molar-refractivity contribution in [2.75, 3.05) is 26.3 Å². The van der Waals surface area contributed by atoms with Gasteiger partial charge >= 0.3 is 0 Å². The summed E-state index contributed by atoms with van der Waals surface area (Å²) in [6, 6.07) is 3.34. The summed E-state index contributed by atoms with van der Waals surface area (Å²) in [5, 5.41) is 5.65. The van der Waals surface area contributed by atoms with E-state index >= 15 is 0 Å². The van der Waals surface area contributed by atoms with Crippen molar-refractivity contribution in [3.05, 3.63) is 35.4 Å². The average molecular weight is 270 g/mol. The molecule has 1 aliphatic heterocycles. The van der Waals surface area contributed by atoms with Gasteiger partial charge in [0.1, 0.15) is 17.7 Å². The first kappa shape index (κ1) is 13.9. The summed E-state index contributed by atoms with van der Waals surface area (Å²) in [6.07, 6.45) is 0.123. The number of carbonyl (C=O) groups is 1. The van der Waals surface area contributed by atoms with E-state index in [9.17, 15) is 13.6 Å². The van der Waals surface area contributed by atoms with E-state index in [0.29, 0.717) is 19.8 Å². The molecular formula is C13H16F2N2O2. The van der Waals surface area contributed by atoms with Crippen LogP contribution in [0.5, 0.6) is 0 Å². The fourth-order valence-electron chi connectivity index (χ4n) is 1.94. The second kappa shape index (κ2) is 6.58. The molecule has 1 saturated heterocycles. The van der Waals surface area contributed by atoms with Crippen molar-refractivity contribution in [1.82, 2.24) is 10.6 Å². The number of morpholine rings is 1. The SMILES string of the molecule is O=C(NCCc1c(F)cccc1F)C1COCCN1. The second-order valence-corrected chi connectivity index (χ2v) is 4.32. The number of amides is 1. The number of hydrogen-bond donors (Lipinski definition) is 2. The summed E-state index contributed by atoms with van der Waals surface area (Å²) >= 11 is 0. The maximum absolute atomic E-state index is 13.3. The quantitative estimate of drug-likeness (QED) is 0.843. The van der Waals surface area contributed by atoms with Crippen LogP contribution in [-0.4, -0.2) is 38.3 Å². The summed E-state index contributed by atoms with van der Waals surface area (Å²) < 4.78 is 31.9. The summed E-state index contributed by atoms with van der Waals surface area (Å²) in [6.45, 7) is 1.72. The highest BCUT2D eigenvalue weighted by Crippen LogP contribution is 2.12. The number of carbonyl (C=O) groups excluding carboxylic acids is 1. The van der Waals surface area contributed by atoms with Gasteiger partial charge in [-0.2, -0.15) is 0 Å². The highest BCUT2D eigenvalue weighted by atomic mass is 19.1. The van der Waals surface area contributed by atoms with E-state index in [1.54, 1.807) is 0 Å². The Labute approximate surface area is 110 Å². The molecule has 2 N–H and O–H groups in total. The Morgan fingerprint density at radius 3 is 2.79 bits per heavy atom. The van der Waals surface area contributed by atoms with Gasteiger partial charge in [0.05, 0.1) is 13.2 Å². The Bertz CT molecular complexity index is 428. The van der Waals surface area contributed by atoms with Gasteiger partial charge in [0, 0.05) is 18.7 Å². The molecular weight excluding hydrogens is 254 g/mol. The smallest absolute Gasteiger partial charge is 0.239 e. The van der Waals surface area contributed by atoms with Gasteiger partial charge < -0.3 is 15.4 Å². The molecule has 4 nitrogen and oxygen atoms in total. The Balaban J connectivity index is 1.81. The summed E-state index contributed by atoms with van der Waals surface area (Å²) in [4.78, 5) is 11.7. The summed E-state index contributed by atoms with van der Waals surface area (Å²) in [5.74, 6) is -1.39. The maximum atomic E-state index is 13.3. The van der Waals surface area contributed by atoms with E-state index in [0.717, 1.165) is 0 Å². The van der Waals surface area contributed by atoms with Gasteiger partial charge in [-0.15, -0.1) is 0 Å². The molecule has 0 bridgehead atoms. The summed E-state index contributed by atoms with van der Waals surface area (Å²) in [7, 11) is 0. The van der Waals surface area contributed by atoms with Crippen molar-refractivity contribution in [2.24, 2.45) is 0 Å². The number of halogens is 2. The molecule has 1 aromatic rings. The van der Waals surface area contributed by atoms with Gasteiger partial charge in [-0.05, 0) is 18.6 Å². The van der Waals surface area contributed by atoms with Crippen LogP contribution in [0.15, 0.2) is 18.2 Å². The highest BCUT2D eigenvalue weighted by Gasteiger charge is 2.20. The Kier molecular flexibility index (Phi) is 4.81. The van der Waals surface area contributed by atoms with Crippen LogP contribution in [0, 0.1) is 11.6 Å². The van der Waals surface area contributed by atoms with E-state index in [4.69, 9.17) is 4.74 Å². The number of hydrogen-bond acceptors (Lipinski definition) is 3. The molecule has 0 spiro atoms. The lowest BCUT2D eigenvalue weighted by Gasteiger charge is -2.22.